The molecule has 1 aromatic heterocycles. The first kappa shape index (κ1) is 16.5. The van der Waals surface area contributed by atoms with Crippen molar-refractivity contribution in [2.75, 3.05) is 20.6 Å². The summed E-state index contributed by atoms with van der Waals surface area (Å²) in [6, 6.07) is 6.51. The molecular weight excluding hydrogens is 307 g/mol. The predicted octanol–water partition coefficient (Wildman–Crippen LogP) is 2.20. The van der Waals surface area contributed by atoms with Crippen LogP contribution < -0.4 is 0 Å². The lowest BCUT2D eigenvalue weighted by atomic mass is 9.90. The average molecular weight is 328 g/mol. The molecule has 1 fully saturated rings. The number of hydrogen-bond donors (Lipinski definition) is 0. The summed E-state index contributed by atoms with van der Waals surface area (Å²) in [4.78, 5) is 25.3. The van der Waals surface area contributed by atoms with Crippen molar-refractivity contribution < 1.29 is 9.18 Å². The minimum atomic E-state index is -0.843. The van der Waals surface area contributed by atoms with Crippen LogP contribution in [0.15, 0.2) is 42.9 Å². The molecular formula is C18H21FN4O. The van der Waals surface area contributed by atoms with E-state index in [-0.39, 0.29) is 11.7 Å². The first-order chi connectivity index (χ1) is 11.5. The fourth-order valence-corrected chi connectivity index (χ4v) is 3.47. The SMILES string of the molecule is CN(C)C(=O)[C@]1(c2cnccn2)CCCN1Cc1cccc(F)c1. The highest BCUT2D eigenvalue weighted by Crippen LogP contribution is 2.40. The van der Waals surface area contributed by atoms with Gasteiger partial charge in [-0.2, -0.15) is 0 Å². The molecule has 1 saturated heterocycles. The third-order valence-corrected chi connectivity index (χ3v) is 4.52. The molecule has 2 aromatic rings. The van der Waals surface area contributed by atoms with Crippen LogP contribution in [0.4, 0.5) is 4.39 Å². The topological polar surface area (TPSA) is 49.3 Å². The van der Waals surface area contributed by atoms with Crippen molar-refractivity contribution in [3.05, 3.63) is 59.9 Å². The maximum atomic E-state index is 13.5. The molecule has 2 heterocycles. The molecule has 0 bridgehead atoms. The summed E-state index contributed by atoms with van der Waals surface area (Å²) < 4.78 is 13.5. The lowest BCUT2D eigenvalue weighted by molar-refractivity contribution is -0.141. The smallest absolute Gasteiger partial charge is 0.248 e. The lowest BCUT2D eigenvalue weighted by Crippen LogP contribution is -2.52. The molecule has 3 rings (SSSR count). The van der Waals surface area contributed by atoms with Crippen LogP contribution in [-0.2, 0) is 16.9 Å². The van der Waals surface area contributed by atoms with Crippen molar-refractivity contribution in [3.63, 3.8) is 0 Å². The maximum Gasteiger partial charge on any atom is 0.248 e. The van der Waals surface area contributed by atoms with Crippen LogP contribution in [0.2, 0.25) is 0 Å². The van der Waals surface area contributed by atoms with Crippen molar-refractivity contribution in [1.82, 2.24) is 19.8 Å². The quantitative estimate of drug-likeness (QED) is 0.863. The standard InChI is InChI=1S/C18H21FN4O/c1-22(2)17(24)18(16-12-20-8-9-21-16)7-4-10-23(18)13-14-5-3-6-15(19)11-14/h3,5-6,8-9,11-12H,4,7,10,13H2,1-2H3/t18-/m1/s1. The van der Waals surface area contributed by atoms with E-state index in [1.54, 1.807) is 43.7 Å². The number of carbonyl (C=O) groups is 1. The molecule has 0 aliphatic carbocycles. The van der Waals surface area contributed by atoms with Crippen LogP contribution in [0.5, 0.6) is 0 Å². The van der Waals surface area contributed by atoms with Gasteiger partial charge in [-0.15, -0.1) is 0 Å². The van der Waals surface area contributed by atoms with Crippen molar-refractivity contribution in [3.8, 4) is 0 Å². The minimum absolute atomic E-state index is 0.0168. The Labute approximate surface area is 141 Å². The summed E-state index contributed by atoms with van der Waals surface area (Å²) in [6.07, 6.45) is 6.43. The van der Waals surface area contributed by atoms with Gasteiger partial charge in [0.25, 0.3) is 0 Å². The van der Waals surface area contributed by atoms with E-state index < -0.39 is 5.54 Å². The predicted molar refractivity (Wildman–Crippen MR) is 88.4 cm³/mol. The van der Waals surface area contributed by atoms with Gasteiger partial charge < -0.3 is 4.90 Å². The van der Waals surface area contributed by atoms with Crippen molar-refractivity contribution in [2.24, 2.45) is 0 Å². The van der Waals surface area contributed by atoms with Crippen LogP contribution in [-0.4, -0.2) is 46.3 Å². The Hall–Kier alpha value is -2.34. The van der Waals surface area contributed by atoms with Crippen molar-refractivity contribution >= 4 is 5.91 Å². The Morgan fingerprint density at radius 3 is 2.88 bits per heavy atom. The van der Waals surface area contributed by atoms with Crippen LogP contribution >= 0.6 is 0 Å². The first-order valence-corrected chi connectivity index (χ1v) is 8.02. The number of aromatic nitrogens is 2. The fourth-order valence-electron chi connectivity index (χ4n) is 3.47. The van der Waals surface area contributed by atoms with E-state index in [0.717, 1.165) is 18.5 Å². The van der Waals surface area contributed by atoms with Gasteiger partial charge in [0, 0.05) is 33.0 Å². The van der Waals surface area contributed by atoms with Gasteiger partial charge in [0.1, 0.15) is 11.4 Å². The third kappa shape index (κ3) is 2.89. The molecule has 126 valence electrons. The molecule has 1 aromatic carbocycles. The Bertz CT molecular complexity index is 722. The van der Waals surface area contributed by atoms with Crippen LogP contribution in [0.3, 0.4) is 0 Å². The average Bonchev–Trinajstić information content (AvgIpc) is 2.99. The van der Waals surface area contributed by atoms with E-state index in [1.165, 1.54) is 12.1 Å². The number of likely N-dealkylation sites (tertiary alicyclic amines) is 1. The van der Waals surface area contributed by atoms with Gasteiger partial charge in [-0.3, -0.25) is 19.7 Å². The summed E-state index contributed by atoms with van der Waals surface area (Å²) in [5.41, 5.74) is 0.652. The highest BCUT2D eigenvalue weighted by atomic mass is 19.1. The summed E-state index contributed by atoms with van der Waals surface area (Å²) in [5, 5.41) is 0. The van der Waals surface area contributed by atoms with E-state index in [2.05, 4.69) is 14.9 Å². The van der Waals surface area contributed by atoms with E-state index in [4.69, 9.17) is 0 Å². The second kappa shape index (κ2) is 6.65. The van der Waals surface area contributed by atoms with Gasteiger partial charge in [0.15, 0.2) is 0 Å². The van der Waals surface area contributed by atoms with Gasteiger partial charge in [-0.25, -0.2) is 4.39 Å². The van der Waals surface area contributed by atoms with Gasteiger partial charge in [-0.05, 0) is 37.1 Å². The minimum Gasteiger partial charge on any atom is -0.347 e. The van der Waals surface area contributed by atoms with Crippen molar-refractivity contribution in [1.29, 1.82) is 0 Å². The Kier molecular flexibility index (Phi) is 4.57. The van der Waals surface area contributed by atoms with Crippen LogP contribution in [0.1, 0.15) is 24.1 Å². The summed E-state index contributed by atoms with van der Waals surface area (Å²) in [6.45, 7) is 1.25. The highest BCUT2D eigenvalue weighted by Gasteiger charge is 2.50. The largest absolute Gasteiger partial charge is 0.347 e. The van der Waals surface area contributed by atoms with Gasteiger partial charge in [-0.1, -0.05) is 12.1 Å². The molecule has 0 spiro atoms. The second-order valence-corrected chi connectivity index (χ2v) is 6.31. The number of nitrogens with zero attached hydrogens (tertiary/aromatic N) is 4. The van der Waals surface area contributed by atoms with E-state index in [1.807, 2.05) is 6.07 Å². The maximum absolute atomic E-state index is 13.5. The molecule has 0 N–H and O–H groups in total. The number of hydrogen-bond acceptors (Lipinski definition) is 4. The summed E-state index contributed by atoms with van der Waals surface area (Å²) >= 11 is 0. The monoisotopic (exact) mass is 328 g/mol. The van der Waals surface area contributed by atoms with Crippen molar-refractivity contribution in [2.45, 2.75) is 24.9 Å². The second-order valence-electron chi connectivity index (χ2n) is 6.31. The zero-order valence-electron chi connectivity index (χ0n) is 13.9. The molecule has 5 nitrogen and oxygen atoms in total. The van der Waals surface area contributed by atoms with Crippen LogP contribution in [0.25, 0.3) is 0 Å². The van der Waals surface area contributed by atoms with Gasteiger partial charge in [0.2, 0.25) is 5.91 Å². The normalized spacial score (nSPS) is 21.0. The van der Waals surface area contributed by atoms with Crippen LogP contribution in [0, 0.1) is 5.82 Å². The molecule has 1 atom stereocenters. The summed E-state index contributed by atoms with van der Waals surface area (Å²) in [5.74, 6) is -0.285. The molecule has 0 saturated carbocycles. The highest BCUT2D eigenvalue weighted by molar-refractivity contribution is 5.87. The Balaban J connectivity index is 2.02. The Morgan fingerprint density at radius 1 is 1.38 bits per heavy atom. The summed E-state index contributed by atoms with van der Waals surface area (Å²) in [7, 11) is 3.50. The molecule has 0 unspecified atom stereocenters. The van der Waals surface area contributed by atoms with E-state index >= 15 is 0 Å². The lowest BCUT2D eigenvalue weighted by Gasteiger charge is -2.38. The fraction of sp³-hybridized carbons (Fsp3) is 0.389. The zero-order valence-corrected chi connectivity index (χ0v) is 13.9. The number of halogens is 1. The number of rotatable bonds is 4. The third-order valence-electron chi connectivity index (χ3n) is 4.52. The molecule has 0 radical (unpaired) electrons. The number of amides is 1. The van der Waals surface area contributed by atoms with Gasteiger partial charge >= 0.3 is 0 Å². The van der Waals surface area contributed by atoms with E-state index in [9.17, 15) is 9.18 Å². The zero-order chi connectivity index (χ0) is 17.2. The van der Waals surface area contributed by atoms with E-state index in [0.29, 0.717) is 18.7 Å². The molecule has 24 heavy (non-hydrogen) atoms. The first-order valence-electron chi connectivity index (χ1n) is 8.02. The molecule has 1 aliphatic rings. The van der Waals surface area contributed by atoms with Gasteiger partial charge in [0.05, 0.1) is 11.9 Å². The Morgan fingerprint density at radius 2 is 2.21 bits per heavy atom. The number of carbonyl (C=O) groups excluding carboxylic acids is 1. The number of likely N-dealkylation sites (N-methyl/N-ethyl adjacent to an activating group) is 1. The molecule has 6 heteroatoms. The molecule has 1 aliphatic heterocycles. The molecule has 1 amide bonds. The number of benzene rings is 1.